The van der Waals surface area contributed by atoms with Crippen molar-refractivity contribution in [1.29, 1.82) is 0 Å². The first-order chi connectivity index (χ1) is 16.5. The summed E-state index contributed by atoms with van der Waals surface area (Å²) in [4.78, 5) is 24.7. The van der Waals surface area contributed by atoms with E-state index in [4.69, 9.17) is 4.74 Å². The molecular weight excluding hydrogens is 450 g/mol. The van der Waals surface area contributed by atoms with Gasteiger partial charge in [0.05, 0.1) is 11.4 Å². The molecule has 3 rings (SSSR count). The molecule has 1 amide bonds. The van der Waals surface area contributed by atoms with Crippen molar-refractivity contribution in [2.45, 2.75) is 0 Å². The number of carbonyl (C=O) groups excluding carboxylic acids is 2. The second-order valence-corrected chi connectivity index (χ2v) is 8.79. The fourth-order valence-corrected chi connectivity index (χ4v) is 4.10. The Hall–Kier alpha value is -3.33. The largest absolute Gasteiger partial charge is 0.457 e. The van der Waals surface area contributed by atoms with Crippen molar-refractivity contribution in [2.75, 3.05) is 39.8 Å². The molecule has 180 valence electrons. The topological polar surface area (TPSA) is 79.0 Å². The van der Waals surface area contributed by atoms with Crippen LogP contribution in [-0.4, -0.2) is 65.4 Å². The quantitative estimate of drug-likeness (QED) is 0.438. The fourth-order valence-electron chi connectivity index (χ4n) is 2.95. The number of benzene rings is 2. The average molecular weight is 482 g/mol. The molecule has 0 spiro atoms. The van der Waals surface area contributed by atoms with Gasteiger partial charge in [0, 0.05) is 31.7 Å². The van der Waals surface area contributed by atoms with Crippen molar-refractivity contribution in [1.82, 2.24) is 14.5 Å². The highest BCUT2D eigenvalue weighted by atomic mass is 32.2. The van der Waals surface area contributed by atoms with E-state index < -0.39 is 11.0 Å². The highest BCUT2D eigenvalue weighted by Crippen LogP contribution is 2.21. The fraction of sp³-hybridized carbons (Fsp3) is 0.231. The maximum Gasteiger partial charge on any atom is 0.251 e. The maximum absolute atomic E-state index is 12.1. The molecule has 1 aliphatic rings. The number of allylic oxidation sites excluding steroid dienone is 3. The van der Waals surface area contributed by atoms with Crippen molar-refractivity contribution in [3.05, 3.63) is 96.5 Å². The zero-order chi connectivity index (χ0) is 24.8. The Morgan fingerprint density at radius 3 is 2.21 bits per heavy atom. The van der Waals surface area contributed by atoms with Crippen LogP contribution in [-0.2, 0) is 15.8 Å². The Kier molecular flexibility index (Phi) is 11.7. The van der Waals surface area contributed by atoms with Gasteiger partial charge in [-0.1, -0.05) is 43.5 Å². The number of para-hydroxylation sites is 1. The van der Waals surface area contributed by atoms with Crippen molar-refractivity contribution in [3.8, 4) is 11.5 Å². The van der Waals surface area contributed by atoms with Gasteiger partial charge in [0.2, 0.25) is 0 Å². The van der Waals surface area contributed by atoms with Gasteiger partial charge in [-0.05, 0) is 49.5 Å². The van der Waals surface area contributed by atoms with Crippen LogP contribution in [0.3, 0.4) is 0 Å². The number of hydrogen-bond acceptors (Lipinski definition) is 5. The third-order valence-electron chi connectivity index (χ3n) is 4.82. The monoisotopic (exact) mass is 481 g/mol. The molecule has 1 N–H and O–H groups in total. The molecule has 2 aromatic rings. The Balaban J connectivity index is 0.000000248. The van der Waals surface area contributed by atoms with Gasteiger partial charge < -0.3 is 19.7 Å². The van der Waals surface area contributed by atoms with E-state index in [0.717, 1.165) is 36.8 Å². The predicted octanol–water partition coefficient (Wildman–Crippen LogP) is 3.56. The summed E-state index contributed by atoms with van der Waals surface area (Å²) in [5.41, 5.74) is 0.488. The highest BCUT2D eigenvalue weighted by Gasteiger charge is 2.20. The standard InChI is InChI=1S/C15H13NO3.C11H18N2OS/c17-11-10-16-15(18)12-6-8-14(9-7-12)19-13-4-2-1-3-5-13;1-4-6-11(5-2)15(14)13-9-7-12(3)8-10-13/h1-9,11H,10H2,(H,16,18);4-6H,1-2,7-10H2,3H3/b;11-6+. The van der Waals surface area contributed by atoms with Gasteiger partial charge in [-0.15, -0.1) is 0 Å². The number of carbonyl (C=O) groups is 2. The van der Waals surface area contributed by atoms with Crippen LogP contribution in [0.2, 0.25) is 0 Å². The van der Waals surface area contributed by atoms with E-state index in [0.29, 0.717) is 17.6 Å². The highest BCUT2D eigenvalue weighted by molar-refractivity contribution is 7.86. The number of aldehydes is 1. The smallest absolute Gasteiger partial charge is 0.251 e. The molecule has 0 aromatic heterocycles. The minimum absolute atomic E-state index is 0.0150. The summed E-state index contributed by atoms with van der Waals surface area (Å²) in [6.45, 7) is 10.9. The summed E-state index contributed by atoms with van der Waals surface area (Å²) >= 11 is 0. The molecule has 7 nitrogen and oxygen atoms in total. The number of amides is 1. The van der Waals surface area contributed by atoms with Gasteiger partial charge in [0.15, 0.2) is 0 Å². The van der Waals surface area contributed by atoms with E-state index in [9.17, 15) is 13.8 Å². The van der Waals surface area contributed by atoms with Crippen LogP contribution >= 0.6 is 0 Å². The minimum atomic E-state index is -1.08. The van der Waals surface area contributed by atoms with Gasteiger partial charge in [-0.3, -0.25) is 4.79 Å². The molecule has 1 aliphatic heterocycles. The molecule has 0 bridgehead atoms. The summed E-state index contributed by atoms with van der Waals surface area (Å²) in [6, 6.07) is 16.1. The van der Waals surface area contributed by atoms with Crippen LogP contribution in [0.1, 0.15) is 10.4 Å². The summed E-state index contributed by atoms with van der Waals surface area (Å²) in [5.74, 6) is 1.11. The van der Waals surface area contributed by atoms with Crippen LogP contribution in [0.25, 0.3) is 0 Å². The first-order valence-electron chi connectivity index (χ1n) is 10.8. The van der Waals surface area contributed by atoms with Crippen LogP contribution in [0.4, 0.5) is 0 Å². The number of likely N-dealkylation sites (N-methyl/N-ethyl adjacent to an activating group) is 1. The second kappa shape index (κ2) is 14.7. The van der Waals surface area contributed by atoms with Crippen LogP contribution in [0.15, 0.2) is 90.9 Å². The van der Waals surface area contributed by atoms with Gasteiger partial charge in [-0.2, -0.15) is 0 Å². The molecule has 1 fully saturated rings. The molecule has 1 unspecified atom stereocenters. The minimum Gasteiger partial charge on any atom is -0.457 e. The molecule has 2 aromatic carbocycles. The molecule has 0 saturated carbocycles. The van der Waals surface area contributed by atoms with Crippen molar-refractivity contribution in [2.24, 2.45) is 0 Å². The van der Waals surface area contributed by atoms with E-state index in [2.05, 4.69) is 30.4 Å². The molecule has 34 heavy (non-hydrogen) atoms. The van der Waals surface area contributed by atoms with Crippen molar-refractivity contribution in [3.63, 3.8) is 0 Å². The Morgan fingerprint density at radius 2 is 1.65 bits per heavy atom. The Bertz CT molecular complexity index is 998. The molecular formula is C26H31N3O4S. The SMILES string of the molecule is C=C/C=C(\C=C)S(=O)N1CCN(C)CC1.O=CCNC(=O)c1ccc(Oc2ccccc2)cc1. The molecule has 0 aliphatic carbocycles. The molecule has 1 atom stereocenters. The lowest BCUT2D eigenvalue weighted by molar-refractivity contribution is -0.107. The first kappa shape index (κ1) is 26.9. The third-order valence-corrected chi connectivity index (χ3v) is 6.36. The molecule has 1 saturated heterocycles. The number of piperazine rings is 1. The second-order valence-electron chi connectivity index (χ2n) is 7.31. The average Bonchev–Trinajstić information content (AvgIpc) is 2.87. The van der Waals surface area contributed by atoms with Gasteiger partial charge in [-0.25, -0.2) is 8.51 Å². The number of rotatable bonds is 9. The van der Waals surface area contributed by atoms with Gasteiger partial charge >= 0.3 is 0 Å². The zero-order valence-corrected chi connectivity index (χ0v) is 20.2. The lowest BCUT2D eigenvalue weighted by atomic mass is 10.2. The van der Waals surface area contributed by atoms with Crippen molar-refractivity contribution >= 4 is 23.2 Å². The molecule has 1 heterocycles. The predicted molar refractivity (Wildman–Crippen MR) is 137 cm³/mol. The van der Waals surface area contributed by atoms with E-state index >= 15 is 0 Å². The number of hydrogen-bond donors (Lipinski definition) is 1. The Morgan fingerprint density at radius 1 is 1.03 bits per heavy atom. The summed E-state index contributed by atoms with van der Waals surface area (Å²) < 4.78 is 19.6. The number of nitrogens with one attached hydrogen (secondary N) is 1. The summed E-state index contributed by atoms with van der Waals surface area (Å²) in [5, 5.41) is 2.47. The first-order valence-corrected chi connectivity index (χ1v) is 11.9. The molecule has 8 heteroatoms. The number of ether oxygens (including phenoxy) is 1. The summed E-state index contributed by atoms with van der Waals surface area (Å²) in [6.07, 6.45) is 5.67. The van der Waals surface area contributed by atoms with Gasteiger partial charge in [0.1, 0.15) is 28.8 Å². The molecule has 0 radical (unpaired) electrons. The third kappa shape index (κ3) is 8.90. The zero-order valence-electron chi connectivity index (χ0n) is 19.4. The van der Waals surface area contributed by atoms with Crippen molar-refractivity contribution < 1.29 is 18.5 Å². The van der Waals surface area contributed by atoms with E-state index in [-0.39, 0.29) is 12.5 Å². The Labute approximate surface area is 204 Å². The van der Waals surface area contributed by atoms with Gasteiger partial charge in [0.25, 0.3) is 5.91 Å². The van der Waals surface area contributed by atoms with E-state index in [1.54, 1.807) is 42.5 Å². The normalized spacial score (nSPS) is 15.3. The summed E-state index contributed by atoms with van der Waals surface area (Å²) in [7, 11) is 0.997. The lowest BCUT2D eigenvalue weighted by Crippen LogP contribution is -2.45. The van der Waals surface area contributed by atoms with Crippen LogP contribution in [0.5, 0.6) is 11.5 Å². The maximum atomic E-state index is 12.1. The van der Waals surface area contributed by atoms with E-state index in [1.165, 1.54) is 0 Å². The lowest BCUT2D eigenvalue weighted by Gasteiger charge is -2.31. The van der Waals surface area contributed by atoms with E-state index in [1.807, 2.05) is 34.6 Å². The number of nitrogens with zero attached hydrogens (tertiary/aromatic N) is 2. The van der Waals surface area contributed by atoms with Crippen LogP contribution < -0.4 is 10.1 Å². The van der Waals surface area contributed by atoms with Crippen LogP contribution in [0, 0.1) is 0 Å².